The number of nitrogens with one attached hydrogen (secondary N) is 5. The largest absolute Gasteiger partial charge is 0.391 e. The molecule has 8 rings (SSSR count). The molecule has 2 aliphatic rings. The first kappa shape index (κ1) is 40.7. The highest BCUT2D eigenvalue weighted by atomic mass is 32.1. The molecule has 1 saturated heterocycles. The maximum absolute atomic E-state index is 14.7. The van der Waals surface area contributed by atoms with Crippen molar-refractivity contribution in [2.75, 3.05) is 30.3 Å². The summed E-state index contributed by atoms with van der Waals surface area (Å²) >= 11 is 1.59. The average molecular weight is 834 g/mol. The number of hydrogen-bond acceptors (Lipinski definition) is 12. The van der Waals surface area contributed by atoms with Gasteiger partial charge < -0.3 is 31.3 Å². The van der Waals surface area contributed by atoms with Crippen LogP contribution < -0.4 is 26.8 Å². The van der Waals surface area contributed by atoms with Crippen LogP contribution in [0.4, 0.5) is 15.8 Å². The second kappa shape index (κ2) is 16.5. The van der Waals surface area contributed by atoms with Crippen LogP contribution in [-0.2, 0) is 23.2 Å². The predicted octanol–water partition coefficient (Wildman–Crippen LogP) is 4.62. The van der Waals surface area contributed by atoms with Crippen molar-refractivity contribution in [3.05, 3.63) is 117 Å². The number of carbonyl (C=O) groups excluding carboxylic acids is 2. The number of aliphatic hydroxyl groups excluding tert-OH is 1. The van der Waals surface area contributed by atoms with Gasteiger partial charge in [0.1, 0.15) is 24.0 Å². The van der Waals surface area contributed by atoms with E-state index in [-0.39, 0.29) is 30.2 Å². The third kappa shape index (κ3) is 8.11. The molecule has 6 N–H and O–H groups in total. The second-order valence-electron chi connectivity index (χ2n) is 16.5. The number of aryl methyl sites for hydroxylation is 2. The first-order valence-electron chi connectivity index (χ1n) is 19.9. The van der Waals surface area contributed by atoms with E-state index in [1.165, 1.54) is 23.4 Å². The molecule has 15 nitrogen and oxygen atoms in total. The van der Waals surface area contributed by atoms with Crippen LogP contribution in [-0.4, -0.2) is 89.6 Å². The van der Waals surface area contributed by atoms with Gasteiger partial charge >= 0.3 is 0 Å². The molecule has 2 aliphatic heterocycles. The number of carbonyl (C=O) groups is 2. The third-order valence-corrected chi connectivity index (χ3v) is 12.3. The van der Waals surface area contributed by atoms with Crippen LogP contribution in [0.3, 0.4) is 0 Å². The Hall–Kier alpha value is -6.04. The van der Waals surface area contributed by atoms with Gasteiger partial charge in [0.25, 0.3) is 5.56 Å². The minimum Gasteiger partial charge on any atom is -0.391 e. The molecule has 60 heavy (non-hydrogen) atoms. The van der Waals surface area contributed by atoms with E-state index in [0.717, 1.165) is 32.9 Å². The summed E-state index contributed by atoms with van der Waals surface area (Å²) in [5.41, 5.74) is 6.58. The monoisotopic (exact) mass is 833 g/mol. The number of H-pyrrole nitrogens is 1. The molecule has 1 fully saturated rings. The molecule has 6 aromatic rings. The minimum absolute atomic E-state index is 0.0791. The van der Waals surface area contributed by atoms with E-state index in [4.69, 9.17) is 0 Å². The summed E-state index contributed by atoms with van der Waals surface area (Å²) in [5.74, 6) is -0.901. The SMILES string of the molecule is Cc1ncsc1-c1ccc(CNC(=O)[C@@H]2CC(O)CN2C(=O)C(NCCNc2ccc(C3Nc4cc(F)cc5c(=O)[nH]nc(c45)C3c3ncnn3C)cc2)C(C)(C)C)cc1. The van der Waals surface area contributed by atoms with E-state index in [0.29, 0.717) is 42.2 Å². The summed E-state index contributed by atoms with van der Waals surface area (Å²) in [6.45, 7) is 9.20. The highest BCUT2D eigenvalue weighted by Crippen LogP contribution is 2.46. The van der Waals surface area contributed by atoms with Crippen LogP contribution in [0.1, 0.15) is 67.5 Å². The van der Waals surface area contributed by atoms with E-state index in [2.05, 4.69) is 46.5 Å². The van der Waals surface area contributed by atoms with E-state index < -0.39 is 46.9 Å². The highest BCUT2D eigenvalue weighted by molar-refractivity contribution is 7.13. The molecular formula is C43H48FN11O4S. The van der Waals surface area contributed by atoms with Crippen molar-refractivity contribution in [2.24, 2.45) is 12.5 Å². The fraction of sp³-hybridized carbons (Fsp3) is 0.372. The Morgan fingerprint density at radius 2 is 1.83 bits per heavy atom. The van der Waals surface area contributed by atoms with Crippen molar-refractivity contribution < 1.29 is 19.1 Å². The lowest BCUT2D eigenvalue weighted by Crippen LogP contribution is -2.57. The average Bonchev–Trinajstić information content (AvgIpc) is 3.96. The maximum Gasteiger partial charge on any atom is 0.272 e. The quantitative estimate of drug-likeness (QED) is 0.0943. The number of anilines is 2. The Balaban J connectivity index is 0.900. The van der Waals surface area contributed by atoms with Crippen molar-refractivity contribution in [3.63, 3.8) is 0 Å². The fourth-order valence-corrected chi connectivity index (χ4v) is 9.11. The summed E-state index contributed by atoms with van der Waals surface area (Å²) < 4.78 is 16.4. The van der Waals surface area contributed by atoms with Crippen LogP contribution >= 0.6 is 11.3 Å². The second-order valence-corrected chi connectivity index (χ2v) is 17.4. The lowest BCUT2D eigenvalue weighted by atomic mass is 9.83. The first-order chi connectivity index (χ1) is 28.8. The summed E-state index contributed by atoms with van der Waals surface area (Å²) in [7, 11) is 1.79. The zero-order valence-electron chi connectivity index (χ0n) is 34.0. The van der Waals surface area contributed by atoms with Gasteiger partial charge in [-0.2, -0.15) is 10.2 Å². The van der Waals surface area contributed by atoms with Crippen LogP contribution in [0, 0.1) is 18.2 Å². The van der Waals surface area contributed by atoms with Crippen molar-refractivity contribution in [3.8, 4) is 10.4 Å². The molecular weight excluding hydrogens is 786 g/mol. The van der Waals surface area contributed by atoms with E-state index in [9.17, 15) is 23.9 Å². The number of nitrogens with zero attached hydrogens (tertiary/aromatic N) is 6. The van der Waals surface area contributed by atoms with Crippen LogP contribution in [0.2, 0.25) is 0 Å². The van der Waals surface area contributed by atoms with Crippen LogP contribution in [0.5, 0.6) is 0 Å². The van der Waals surface area contributed by atoms with Crippen molar-refractivity contribution >= 4 is 45.3 Å². The van der Waals surface area contributed by atoms with Gasteiger partial charge in [-0.3, -0.25) is 19.1 Å². The van der Waals surface area contributed by atoms with Crippen molar-refractivity contribution in [1.29, 1.82) is 0 Å². The molecule has 5 atom stereocenters. The molecule has 0 spiro atoms. The van der Waals surface area contributed by atoms with E-state index in [1.54, 1.807) is 23.1 Å². The summed E-state index contributed by atoms with van der Waals surface area (Å²) in [5, 5.41) is 35.9. The summed E-state index contributed by atoms with van der Waals surface area (Å²) in [6, 6.07) is 16.5. The normalized spacial score (nSPS) is 19.3. The number of aliphatic hydroxyl groups is 1. The van der Waals surface area contributed by atoms with Gasteiger partial charge in [0, 0.05) is 56.4 Å². The van der Waals surface area contributed by atoms with Gasteiger partial charge in [0.15, 0.2) is 0 Å². The molecule has 5 heterocycles. The fourth-order valence-electron chi connectivity index (χ4n) is 8.30. The van der Waals surface area contributed by atoms with E-state index >= 15 is 0 Å². The summed E-state index contributed by atoms with van der Waals surface area (Å²) in [4.78, 5) is 51.8. The number of rotatable bonds is 12. The lowest BCUT2D eigenvalue weighted by Gasteiger charge is -2.35. The molecule has 4 unspecified atom stereocenters. The molecule has 312 valence electrons. The molecule has 2 amide bonds. The Morgan fingerprint density at radius 3 is 2.52 bits per heavy atom. The minimum atomic E-state index is -0.804. The Morgan fingerprint density at radius 1 is 1.07 bits per heavy atom. The molecule has 0 radical (unpaired) electrons. The van der Waals surface area contributed by atoms with Crippen molar-refractivity contribution in [1.82, 2.24) is 45.5 Å². The molecule has 3 aromatic carbocycles. The van der Waals surface area contributed by atoms with Crippen LogP contribution in [0.15, 0.2) is 77.3 Å². The van der Waals surface area contributed by atoms with Gasteiger partial charge in [-0.05, 0) is 53.3 Å². The van der Waals surface area contributed by atoms with E-state index in [1.807, 2.05) is 81.7 Å². The zero-order valence-corrected chi connectivity index (χ0v) is 34.8. The molecule has 17 heteroatoms. The number of β-amino-alcohol motifs (C(OH)–C–C–N with tert-alkyl or cyclic N) is 1. The molecule has 0 aliphatic carbocycles. The number of aromatic nitrogens is 6. The predicted molar refractivity (Wildman–Crippen MR) is 228 cm³/mol. The first-order valence-corrected chi connectivity index (χ1v) is 20.8. The Kier molecular flexibility index (Phi) is 11.2. The molecule has 3 aromatic heterocycles. The Bertz CT molecular complexity index is 2590. The van der Waals surface area contributed by atoms with Gasteiger partial charge in [0.2, 0.25) is 11.8 Å². The van der Waals surface area contributed by atoms with Crippen LogP contribution in [0.25, 0.3) is 21.2 Å². The third-order valence-electron chi connectivity index (χ3n) is 11.3. The van der Waals surface area contributed by atoms with Gasteiger partial charge in [-0.25, -0.2) is 19.5 Å². The van der Waals surface area contributed by atoms with Crippen molar-refractivity contribution in [2.45, 2.75) is 70.8 Å². The number of benzene rings is 3. The zero-order chi connectivity index (χ0) is 42.3. The number of halogens is 1. The molecule has 0 bridgehead atoms. The topological polar surface area (TPSA) is 195 Å². The standard InChI is InChI=1S/C43H48FN11O4S/c1-23-37(60-22-49-23)26-8-6-24(7-9-26)19-47-41(58)32-18-29(56)20-55(32)42(59)38(43(2,3)4)46-15-14-45-28-12-10-25(11-13-28)35-34(39-48-21-50-54(39)5)36-33-30(40(57)53-52-36)16-27(44)17-31(33)51-35/h6-13,16-17,21-22,29,32,34-35,38,45-46,51,56H,14-15,18-20H2,1-5H3,(H,47,58)(H,53,57)/t29?,32-,34?,35?,38?/m0/s1. The van der Waals surface area contributed by atoms with Gasteiger partial charge in [0.05, 0.1) is 51.3 Å². The molecule has 0 saturated carbocycles. The van der Waals surface area contributed by atoms with Gasteiger partial charge in [-0.1, -0.05) is 57.2 Å². The number of likely N-dealkylation sites (tertiary alicyclic amines) is 1. The Labute approximate surface area is 349 Å². The van der Waals surface area contributed by atoms with Gasteiger partial charge in [-0.15, -0.1) is 11.3 Å². The lowest BCUT2D eigenvalue weighted by molar-refractivity contribution is -0.142. The smallest absolute Gasteiger partial charge is 0.272 e. The highest BCUT2D eigenvalue weighted by Gasteiger charge is 2.44. The number of thiazole rings is 1. The number of aromatic amines is 1. The number of amides is 2. The number of hydrogen-bond donors (Lipinski definition) is 6. The summed E-state index contributed by atoms with van der Waals surface area (Å²) in [6.07, 6.45) is 0.827. The maximum atomic E-state index is 14.7.